The zero-order chi connectivity index (χ0) is 18.1. The van der Waals surface area contributed by atoms with Crippen molar-refractivity contribution < 1.29 is 14.9 Å². The van der Waals surface area contributed by atoms with Crippen LogP contribution in [-0.2, 0) is 11.3 Å². The van der Waals surface area contributed by atoms with Gasteiger partial charge in [-0.1, -0.05) is 53.5 Å². The van der Waals surface area contributed by atoms with Crippen LogP contribution in [-0.4, -0.2) is 18.0 Å². The van der Waals surface area contributed by atoms with Gasteiger partial charge in [0.25, 0.3) is 5.91 Å². The smallest absolute Gasteiger partial charge is 0.285 e. The zero-order valence-electron chi connectivity index (χ0n) is 13.4. The van der Waals surface area contributed by atoms with Crippen molar-refractivity contribution in [2.24, 2.45) is 0 Å². The van der Waals surface area contributed by atoms with Crippen LogP contribution in [0.3, 0.4) is 0 Å². The Bertz CT molecular complexity index is 788. The number of hydrogen-bond acceptors (Lipinski definition) is 3. The lowest BCUT2D eigenvalue weighted by atomic mass is 10.0. The van der Waals surface area contributed by atoms with Crippen molar-refractivity contribution in [2.75, 3.05) is 0 Å². The molecule has 0 radical (unpaired) electrons. The highest BCUT2D eigenvalue weighted by Gasteiger charge is 2.43. The molecule has 6 nitrogen and oxygen atoms in total. The van der Waals surface area contributed by atoms with Crippen molar-refractivity contribution >= 4 is 40.5 Å². The lowest BCUT2D eigenvalue weighted by molar-refractivity contribution is -0.903. The van der Waals surface area contributed by atoms with E-state index in [1.54, 1.807) is 6.92 Å². The topological polar surface area (TPSA) is 84.1 Å². The lowest BCUT2D eigenvalue weighted by Gasteiger charge is -2.43. The fraction of sp³-hybridized carbons (Fsp3) is 0.235. The number of fused-ring (bicyclic) bond motifs is 1. The Morgan fingerprint density at radius 1 is 1.08 bits per heavy atom. The molecule has 1 amide bonds. The number of amides is 1. The summed E-state index contributed by atoms with van der Waals surface area (Å²) in [6, 6.07) is 10.3. The molecular formula is C17H17Cl2N3O3. The minimum absolute atomic E-state index is 0.150. The third-order valence-corrected chi connectivity index (χ3v) is 5.10. The summed E-state index contributed by atoms with van der Waals surface area (Å²) in [6.07, 6.45) is 0. The summed E-state index contributed by atoms with van der Waals surface area (Å²) in [7, 11) is 0. The van der Waals surface area contributed by atoms with Crippen molar-refractivity contribution in [1.82, 2.24) is 5.32 Å². The van der Waals surface area contributed by atoms with E-state index in [0.717, 1.165) is 5.56 Å². The maximum absolute atomic E-state index is 12.8. The fourth-order valence-corrected chi connectivity index (χ4v) is 3.31. The van der Waals surface area contributed by atoms with E-state index in [-0.39, 0.29) is 26.5 Å². The number of halogens is 2. The average molecular weight is 382 g/mol. The predicted molar refractivity (Wildman–Crippen MR) is 96.0 cm³/mol. The Labute approximate surface area is 155 Å². The molecule has 0 aliphatic carbocycles. The molecule has 3 rings (SSSR count). The first-order chi connectivity index (χ1) is 11.9. The SMILES string of the molecule is CC1C(C(=O)NCc2ccccc2)[NH+]([O-])c2cc(Cl)c(Cl)cc2[NH+]1[O-]. The minimum Gasteiger partial charge on any atom is -0.628 e. The van der Waals surface area contributed by atoms with Gasteiger partial charge in [-0.25, -0.2) is 0 Å². The molecule has 8 heteroatoms. The number of carbonyl (C=O) groups is 1. The first-order valence-corrected chi connectivity index (χ1v) is 8.55. The van der Waals surface area contributed by atoms with Crippen LogP contribution in [0.4, 0.5) is 11.4 Å². The molecule has 3 N–H and O–H groups in total. The van der Waals surface area contributed by atoms with Gasteiger partial charge >= 0.3 is 0 Å². The van der Waals surface area contributed by atoms with Crippen LogP contribution in [0.15, 0.2) is 42.5 Å². The monoisotopic (exact) mass is 381 g/mol. The van der Waals surface area contributed by atoms with Gasteiger partial charge in [0.2, 0.25) is 6.04 Å². The molecule has 0 saturated heterocycles. The average Bonchev–Trinajstić information content (AvgIpc) is 2.61. The van der Waals surface area contributed by atoms with E-state index in [1.165, 1.54) is 12.1 Å². The van der Waals surface area contributed by atoms with E-state index in [0.29, 0.717) is 6.54 Å². The molecule has 2 aromatic carbocycles. The molecule has 132 valence electrons. The van der Waals surface area contributed by atoms with Crippen molar-refractivity contribution in [2.45, 2.75) is 25.6 Å². The third kappa shape index (κ3) is 3.50. The van der Waals surface area contributed by atoms with Crippen LogP contribution in [0.1, 0.15) is 12.5 Å². The standard InChI is InChI=1S/C17H17Cl2N3O3/c1-10-16(17(23)20-9-11-5-3-2-4-6-11)22(25)15-8-13(19)12(18)7-14(15)21(10)24/h2-8,10,16,21-22H,9H2,1H3,(H,20,23). The van der Waals surface area contributed by atoms with Crippen molar-refractivity contribution in [1.29, 1.82) is 0 Å². The molecule has 4 unspecified atom stereocenters. The van der Waals surface area contributed by atoms with E-state index in [4.69, 9.17) is 23.2 Å². The lowest BCUT2D eigenvalue weighted by Crippen LogP contribution is -3.23. The molecule has 0 aromatic heterocycles. The highest BCUT2D eigenvalue weighted by molar-refractivity contribution is 6.42. The van der Waals surface area contributed by atoms with Gasteiger partial charge < -0.3 is 25.9 Å². The summed E-state index contributed by atoms with van der Waals surface area (Å²) in [5.41, 5.74) is 1.28. The number of quaternary nitrogens is 2. The quantitative estimate of drug-likeness (QED) is 0.696. The number of nitrogens with one attached hydrogen (secondary N) is 3. The Morgan fingerprint density at radius 2 is 1.64 bits per heavy atom. The predicted octanol–water partition coefficient (Wildman–Crippen LogP) is 1.11. The van der Waals surface area contributed by atoms with E-state index in [9.17, 15) is 15.2 Å². The first kappa shape index (κ1) is 18.1. The summed E-state index contributed by atoms with van der Waals surface area (Å²) in [5.74, 6) is -0.466. The molecule has 0 saturated carbocycles. The summed E-state index contributed by atoms with van der Waals surface area (Å²) in [4.78, 5) is 12.6. The highest BCUT2D eigenvalue weighted by atomic mass is 35.5. The minimum atomic E-state index is -1.07. The molecular weight excluding hydrogens is 365 g/mol. The molecule has 1 aliphatic heterocycles. The highest BCUT2D eigenvalue weighted by Crippen LogP contribution is 2.30. The van der Waals surface area contributed by atoms with Crippen LogP contribution in [0.25, 0.3) is 0 Å². The van der Waals surface area contributed by atoms with E-state index in [1.807, 2.05) is 30.3 Å². The van der Waals surface area contributed by atoms with Crippen LogP contribution >= 0.6 is 23.2 Å². The largest absolute Gasteiger partial charge is 0.628 e. The van der Waals surface area contributed by atoms with Gasteiger partial charge in [0, 0.05) is 18.7 Å². The van der Waals surface area contributed by atoms with Gasteiger partial charge in [0.1, 0.15) is 0 Å². The number of rotatable bonds is 3. The molecule has 0 fully saturated rings. The van der Waals surface area contributed by atoms with E-state index < -0.39 is 23.1 Å². The molecule has 1 aliphatic rings. The fourth-order valence-electron chi connectivity index (χ4n) is 2.99. The number of benzene rings is 2. The molecule has 0 spiro atoms. The van der Waals surface area contributed by atoms with Gasteiger partial charge in [-0.2, -0.15) is 0 Å². The van der Waals surface area contributed by atoms with Crippen LogP contribution in [0.2, 0.25) is 10.0 Å². The number of carbonyl (C=O) groups excluding carboxylic acids is 1. The summed E-state index contributed by atoms with van der Waals surface area (Å²) < 4.78 is 0. The van der Waals surface area contributed by atoms with Crippen molar-refractivity contribution in [3.63, 3.8) is 0 Å². The zero-order valence-corrected chi connectivity index (χ0v) is 14.9. The maximum Gasteiger partial charge on any atom is 0.285 e. The van der Waals surface area contributed by atoms with Crippen molar-refractivity contribution in [3.05, 3.63) is 68.5 Å². The summed E-state index contributed by atoms with van der Waals surface area (Å²) in [6.45, 7) is 1.87. The Kier molecular flexibility index (Phi) is 5.29. The van der Waals surface area contributed by atoms with Gasteiger partial charge in [0.15, 0.2) is 17.4 Å². The summed E-state index contributed by atoms with van der Waals surface area (Å²) >= 11 is 11.9. The molecule has 2 aromatic rings. The Morgan fingerprint density at radius 3 is 2.24 bits per heavy atom. The van der Waals surface area contributed by atoms with E-state index in [2.05, 4.69) is 5.32 Å². The van der Waals surface area contributed by atoms with E-state index >= 15 is 0 Å². The van der Waals surface area contributed by atoms with Crippen molar-refractivity contribution in [3.8, 4) is 0 Å². The molecule has 4 atom stereocenters. The molecule has 25 heavy (non-hydrogen) atoms. The Balaban J connectivity index is 1.83. The molecule has 1 heterocycles. The van der Waals surface area contributed by atoms with Gasteiger partial charge in [0.05, 0.1) is 10.0 Å². The normalized spacial score (nSPS) is 25.3. The van der Waals surface area contributed by atoms with Gasteiger partial charge in [-0.15, -0.1) is 0 Å². The Hall–Kier alpha value is -1.67. The second kappa shape index (κ2) is 7.29. The maximum atomic E-state index is 12.8. The van der Waals surface area contributed by atoms with Gasteiger partial charge in [-0.05, 0) is 12.5 Å². The second-order valence-corrected chi connectivity index (χ2v) is 6.82. The number of hydrogen-bond donors (Lipinski definition) is 3. The third-order valence-electron chi connectivity index (χ3n) is 4.38. The number of hydroxylamine groups is 2. The second-order valence-electron chi connectivity index (χ2n) is 6.01. The first-order valence-electron chi connectivity index (χ1n) is 7.79. The molecule has 0 bridgehead atoms. The van der Waals surface area contributed by atoms with Crippen LogP contribution in [0.5, 0.6) is 0 Å². The van der Waals surface area contributed by atoms with Crippen LogP contribution in [0, 0.1) is 10.4 Å². The van der Waals surface area contributed by atoms with Gasteiger partial charge in [-0.3, -0.25) is 4.79 Å². The van der Waals surface area contributed by atoms with Crippen LogP contribution < -0.4 is 15.4 Å². The summed E-state index contributed by atoms with van der Waals surface area (Å²) in [5, 5.41) is 27.8.